The van der Waals surface area contributed by atoms with E-state index in [9.17, 15) is 35.1 Å². The van der Waals surface area contributed by atoms with Crippen LogP contribution in [0, 0.1) is 11.6 Å². The summed E-state index contributed by atoms with van der Waals surface area (Å²) in [6, 6.07) is 1.53. The highest BCUT2D eigenvalue weighted by Gasteiger charge is 2.37. The number of ether oxygens (including phenoxy) is 1. The van der Waals surface area contributed by atoms with Crippen molar-refractivity contribution < 1.29 is 39.9 Å². The number of halogens is 8. The van der Waals surface area contributed by atoms with Crippen molar-refractivity contribution in [2.24, 2.45) is 5.73 Å². The molecular weight excluding hydrogens is 362 g/mol. The van der Waals surface area contributed by atoms with E-state index in [1.54, 1.807) is 0 Å². The molecule has 0 bridgehead atoms. The second-order valence-electron chi connectivity index (χ2n) is 4.92. The fourth-order valence-corrected chi connectivity index (χ4v) is 1.92. The summed E-state index contributed by atoms with van der Waals surface area (Å²) in [7, 11) is 0. The van der Waals surface area contributed by atoms with Gasteiger partial charge < -0.3 is 10.5 Å². The summed E-state index contributed by atoms with van der Waals surface area (Å²) in [5.41, 5.74) is 1.64. The lowest BCUT2D eigenvalue weighted by Crippen LogP contribution is -2.11. The Kier molecular flexibility index (Phi) is 4.94. The summed E-state index contributed by atoms with van der Waals surface area (Å²) in [6.45, 7) is -0.356. The van der Waals surface area contributed by atoms with Crippen LogP contribution < -0.4 is 10.5 Å². The number of hydrogen-bond acceptors (Lipinski definition) is 2. The van der Waals surface area contributed by atoms with Crippen LogP contribution in [0.5, 0.6) is 11.5 Å². The van der Waals surface area contributed by atoms with Crippen molar-refractivity contribution in [1.82, 2.24) is 0 Å². The van der Waals surface area contributed by atoms with E-state index in [-0.39, 0.29) is 30.3 Å². The molecule has 25 heavy (non-hydrogen) atoms. The SMILES string of the molecule is NCc1cc(F)c(Oc2cc(C(F)(F)F)cc(C(F)(F)F)c2)cc1F. The summed E-state index contributed by atoms with van der Waals surface area (Å²) in [6.07, 6.45) is -10.2. The number of alkyl halides is 6. The Morgan fingerprint density at radius 2 is 1.28 bits per heavy atom. The van der Waals surface area contributed by atoms with Crippen LogP contribution in [0.4, 0.5) is 35.1 Å². The predicted octanol–water partition coefficient (Wildman–Crippen LogP) is 5.25. The molecule has 0 amide bonds. The normalized spacial score (nSPS) is 12.4. The molecule has 0 aliphatic rings. The van der Waals surface area contributed by atoms with Gasteiger partial charge in [0.2, 0.25) is 0 Å². The van der Waals surface area contributed by atoms with Gasteiger partial charge in [-0.15, -0.1) is 0 Å². The Bertz CT molecular complexity index is 750. The third kappa shape index (κ3) is 4.38. The lowest BCUT2D eigenvalue weighted by atomic mass is 10.1. The molecule has 0 fully saturated rings. The Labute approximate surface area is 135 Å². The van der Waals surface area contributed by atoms with Crippen LogP contribution in [0.15, 0.2) is 30.3 Å². The zero-order valence-electron chi connectivity index (χ0n) is 12.1. The first-order valence-corrected chi connectivity index (χ1v) is 6.57. The van der Waals surface area contributed by atoms with Crippen molar-refractivity contribution in [3.63, 3.8) is 0 Å². The minimum absolute atomic E-state index is 0.110. The first-order valence-electron chi connectivity index (χ1n) is 6.57. The second-order valence-corrected chi connectivity index (χ2v) is 4.92. The summed E-state index contributed by atoms with van der Waals surface area (Å²) in [4.78, 5) is 0. The Hall–Kier alpha value is -2.36. The highest BCUT2D eigenvalue weighted by Crippen LogP contribution is 2.39. The van der Waals surface area contributed by atoms with Crippen LogP contribution >= 0.6 is 0 Å². The molecule has 0 radical (unpaired) electrons. The average Bonchev–Trinajstić information content (AvgIpc) is 2.48. The summed E-state index contributed by atoms with van der Waals surface area (Å²) in [5, 5.41) is 0. The van der Waals surface area contributed by atoms with Crippen molar-refractivity contribution >= 4 is 0 Å². The van der Waals surface area contributed by atoms with Crippen LogP contribution in [0.25, 0.3) is 0 Å². The van der Waals surface area contributed by atoms with E-state index in [1.807, 2.05) is 0 Å². The standard InChI is InChI=1S/C15H9F8NO/c16-11-5-13(12(17)1-7(11)6-24)25-10-3-8(14(18,19)20)2-9(4-10)15(21,22)23/h1-5H,6,24H2. The van der Waals surface area contributed by atoms with E-state index in [0.717, 1.165) is 0 Å². The van der Waals surface area contributed by atoms with Gasteiger partial charge >= 0.3 is 12.4 Å². The Morgan fingerprint density at radius 1 is 0.760 bits per heavy atom. The highest BCUT2D eigenvalue weighted by atomic mass is 19.4. The molecule has 0 saturated heterocycles. The fourth-order valence-electron chi connectivity index (χ4n) is 1.92. The van der Waals surface area contributed by atoms with Gasteiger partial charge in [0.15, 0.2) is 11.6 Å². The molecule has 0 spiro atoms. The maximum Gasteiger partial charge on any atom is 0.416 e. The molecule has 2 aromatic carbocycles. The Balaban J connectivity index is 2.51. The lowest BCUT2D eigenvalue weighted by molar-refractivity contribution is -0.143. The minimum atomic E-state index is -5.09. The molecule has 2 N–H and O–H groups in total. The zero-order valence-corrected chi connectivity index (χ0v) is 12.1. The third-order valence-corrected chi connectivity index (χ3v) is 3.11. The van der Waals surface area contributed by atoms with E-state index >= 15 is 0 Å². The lowest BCUT2D eigenvalue weighted by Gasteiger charge is -2.15. The van der Waals surface area contributed by atoms with Crippen molar-refractivity contribution in [1.29, 1.82) is 0 Å². The van der Waals surface area contributed by atoms with Crippen molar-refractivity contribution in [3.8, 4) is 11.5 Å². The smallest absolute Gasteiger partial charge is 0.416 e. The van der Waals surface area contributed by atoms with Gasteiger partial charge in [0.05, 0.1) is 11.1 Å². The molecule has 10 heteroatoms. The van der Waals surface area contributed by atoms with Crippen LogP contribution in [-0.2, 0) is 18.9 Å². The molecule has 2 nitrogen and oxygen atoms in total. The summed E-state index contributed by atoms with van der Waals surface area (Å²) in [5.74, 6) is -4.02. The summed E-state index contributed by atoms with van der Waals surface area (Å²) >= 11 is 0. The number of nitrogens with two attached hydrogens (primary N) is 1. The van der Waals surface area contributed by atoms with Gasteiger partial charge in [-0.05, 0) is 24.3 Å². The number of hydrogen-bond donors (Lipinski definition) is 1. The zero-order chi connectivity index (χ0) is 19.0. The molecule has 0 aliphatic heterocycles. The maximum absolute atomic E-state index is 13.8. The topological polar surface area (TPSA) is 35.2 Å². The van der Waals surface area contributed by atoms with Gasteiger partial charge in [-0.1, -0.05) is 0 Å². The molecule has 0 heterocycles. The van der Waals surface area contributed by atoms with Crippen LogP contribution in [0.2, 0.25) is 0 Å². The second kappa shape index (κ2) is 6.51. The largest absolute Gasteiger partial charge is 0.454 e. The van der Waals surface area contributed by atoms with Gasteiger partial charge in [0, 0.05) is 18.2 Å². The summed E-state index contributed by atoms with van der Waals surface area (Å²) < 4.78 is 109. The first-order chi connectivity index (χ1) is 11.4. The predicted molar refractivity (Wildman–Crippen MR) is 70.8 cm³/mol. The molecule has 0 atom stereocenters. The minimum Gasteiger partial charge on any atom is -0.454 e. The molecule has 136 valence electrons. The molecule has 0 saturated carbocycles. The van der Waals surface area contributed by atoms with Crippen molar-refractivity contribution in [3.05, 3.63) is 58.7 Å². The number of rotatable bonds is 3. The monoisotopic (exact) mass is 371 g/mol. The Morgan fingerprint density at radius 3 is 1.72 bits per heavy atom. The highest BCUT2D eigenvalue weighted by molar-refractivity contribution is 5.41. The van der Waals surface area contributed by atoms with Gasteiger partial charge in [0.25, 0.3) is 0 Å². The van der Waals surface area contributed by atoms with Gasteiger partial charge in [0.1, 0.15) is 11.6 Å². The van der Waals surface area contributed by atoms with Crippen molar-refractivity contribution in [2.45, 2.75) is 18.9 Å². The third-order valence-electron chi connectivity index (χ3n) is 3.11. The molecule has 0 aliphatic carbocycles. The van der Waals surface area contributed by atoms with Gasteiger partial charge in [-0.2, -0.15) is 26.3 Å². The van der Waals surface area contributed by atoms with E-state index < -0.39 is 46.6 Å². The fraction of sp³-hybridized carbons (Fsp3) is 0.200. The maximum atomic E-state index is 13.8. The molecule has 2 aromatic rings. The quantitative estimate of drug-likeness (QED) is 0.748. The van der Waals surface area contributed by atoms with Crippen LogP contribution in [0.1, 0.15) is 16.7 Å². The average molecular weight is 371 g/mol. The molecular formula is C15H9F8NO. The van der Waals surface area contributed by atoms with Crippen LogP contribution in [0.3, 0.4) is 0 Å². The van der Waals surface area contributed by atoms with E-state index in [2.05, 4.69) is 0 Å². The molecule has 0 aromatic heterocycles. The van der Waals surface area contributed by atoms with E-state index in [4.69, 9.17) is 10.5 Å². The van der Waals surface area contributed by atoms with Gasteiger partial charge in [-0.3, -0.25) is 0 Å². The van der Waals surface area contributed by atoms with Gasteiger partial charge in [-0.25, -0.2) is 8.78 Å². The first kappa shape index (κ1) is 19.0. The van der Waals surface area contributed by atoms with Crippen molar-refractivity contribution in [2.75, 3.05) is 0 Å². The van der Waals surface area contributed by atoms with E-state index in [0.29, 0.717) is 12.1 Å². The molecule has 0 unspecified atom stereocenters. The number of benzene rings is 2. The van der Waals surface area contributed by atoms with Crippen LogP contribution in [-0.4, -0.2) is 0 Å². The van der Waals surface area contributed by atoms with E-state index in [1.165, 1.54) is 0 Å². The molecule has 2 rings (SSSR count).